The summed E-state index contributed by atoms with van der Waals surface area (Å²) >= 11 is 0. The Labute approximate surface area is 173 Å². The summed E-state index contributed by atoms with van der Waals surface area (Å²) in [4.78, 5) is -0.278. The standard InChI is InChI=1S/2C7H8O3S.Sr/c2*1-6-4-2-3-5-7(6)11(8,9)10;/h2*2-5H,1H3,(H,8,9,10);/q;;+2/p-2. The second kappa shape index (κ2) is 9.28. The van der Waals surface area contributed by atoms with Crippen molar-refractivity contribution in [1.82, 2.24) is 0 Å². The summed E-state index contributed by atoms with van der Waals surface area (Å²) in [5.74, 6) is 0. The average molecular weight is 430 g/mol. The van der Waals surface area contributed by atoms with Crippen LogP contribution in [0, 0.1) is 13.8 Å². The second-order valence-corrected chi connectivity index (χ2v) is 7.14. The molecule has 6 nitrogen and oxygen atoms in total. The Kier molecular flexibility index (Phi) is 9.18. The molecule has 0 aliphatic rings. The third kappa shape index (κ3) is 7.44. The predicted octanol–water partition coefficient (Wildman–Crippen LogP) is 1.42. The van der Waals surface area contributed by atoms with Crippen molar-refractivity contribution in [3.05, 3.63) is 59.7 Å². The van der Waals surface area contributed by atoms with Crippen LogP contribution in [0.1, 0.15) is 11.1 Å². The van der Waals surface area contributed by atoms with Gasteiger partial charge in [-0.3, -0.25) is 0 Å². The molecule has 0 unspecified atom stereocenters. The third-order valence-corrected chi connectivity index (χ3v) is 4.72. The topological polar surface area (TPSA) is 114 Å². The molecule has 0 saturated carbocycles. The van der Waals surface area contributed by atoms with E-state index in [9.17, 15) is 25.9 Å². The molecule has 0 aliphatic carbocycles. The van der Waals surface area contributed by atoms with E-state index in [1.807, 2.05) is 0 Å². The van der Waals surface area contributed by atoms with E-state index in [4.69, 9.17) is 0 Å². The zero-order valence-electron chi connectivity index (χ0n) is 12.6. The molecular weight excluding hydrogens is 416 g/mol. The number of rotatable bonds is 2. The molecule has 0 saturated heterocycles. The molecular formula is C14H14O6S2Sr. The molecule has 2 aromatic rings. The molecule has 0 aliphatic heterocycles. The minimum Gasteiger partial charge on any atom is -0.744 e. The van der Waals surface area contributed by atoms with Crippen LogP contribution in [0.3, 0.4) is 0 Å². The van der Waals surface area contributed by atoms with Gasteiger partial charge in [0.15, 0.2) is 0 Å². The van der Waals surface area contributed by atoms with Crippen LogP contribution in [0.4, 0.5) is 0 Å². The normalized spacial score (nSPS) is 11.0. The van der Waals surface area contributed by atoms with E-state index in [1.54, 1.807) is 38.1 Å². The Morgan fingerprint density at radius 3 is 1.09 bits per heavy atom. The van der Waals surface area contributed by atoms with Gasteiger partial charge in [-0.2, -0.15) is 0 Å². The number of hydrogen-bond donors (Lipinski definition) is 0. The van der Waals surface area contributed by atoms with Crippen molar-refractivity contribution < 1.29 is 25.9 Å². The van der Waals surface area contributed by atoms with Gasteiger partial charge < -0.3 is 9.11 Å². The molecule has 2 aromatic carbocycles. The number of benzene rings is 2. The summed E-state index contributed by atoms with van der Waals surface area (Å²) in [6.45, 7) is 3.18. The van der Waals surface area contributed by atoms with Gasteiger partial charge in [0.2, 0.25) is 0 Å². The number of hydrogen-bond acceptors (Lipinski definition) is 6. The molecule has 0 bridgehead atoms. The fourth-order valence-corrected chi connectivity index (χ4v) is 3.09. The molecule has 0 spiro atoms. The largest absolute Gasteiger partial charge is 2.00 e. The first-order chi connectivity index (χ1) is 10.0. The van der Waals surface area contributed by atoms with Crippen molar-refractivity contribution in [2.24, 2.45) is 0 Å². The van der Waals surface area contributed by atoms with Crippen LogP contribution < -0.4 is 0 Å². The van der Waals surface area contributed by atoms with Crippen molar-refractivity contribution in [3.63, 3.8) is 0 Å². The van der Waals surface area contributed by atoms with Gasteiger partial charge in [0.25, 0.3) is 0 Å². The molecule has 0 amide bonds. The van der Waals surface area contributed by atoms with Crippen LogP contribution in [0.2, 0.25) is 0 Å². The Morgan fingerprint density at radius 1 is 0.652 bits per heavy atom. The summed E-state index contributed by atoms with van der Waals surface area (Å²) < 4.78 is 63.0. The first kappa shape index (κ1) is 22.7. The fraction of sp³-hybridized carbons (Fsp3) is 0.143. The van der Waals surface area contributed by atoms with Crippen molar-refractivity contribution in [1.29, 1.82) is 0 Å². The first-order valence-electron chi connectivity index (χ1n) is 6.06. The summed E-state index contributed by atoms with van der Waals surface area (Å²) in [6.07, 6.45) is 0. The summed E-state index contributed by atoms with van der Waals surface area (Å²) in [7, 11) is -8.57. The maximum atomic E-state index is 10.5. The van der Waals surface area contributed by atoms with E-state index in [1.165, 1.54) is 24.3 Å². The van der Waals surface area contributed by atoms with E-state index >= 15 is 0 Å². The van der Waals surface area contributed by atoms with Gasteiger partial charge in [-0.25, -0.2) is 16.8 Å². The van der Waals surface area contributed by atoms with Crippen molar-refractivity contribution >= 4 is 65.7 Å². The SMILES string of the molecule is Cc1ccccc1S(=O)(=O)[O-].Cc1ccccc1S(=O)(=O)[O-].[Sr+2]. The minimum absolute atomic E-state index is 0. The van der Waals surface area contributed by atoms with Gasteiger partial charge in [0.05, 0.1) is 9.79 Å². The van der Waals surface area contributed by atoms with Crippen LogP contribution in [-0.4, -0.2) is 71.4 Å². The molecule has 9 heteroatoms. The molecule has 0 fully saturated rings. The summed E-state index contributed by atoms with van der Waals surface area (Å²) in [6, 6.07) is 12.2. The third-order valence-electron chi connectivity index (χ3n) is 2.73. The molecule has 120 valence electrons. The second-order valence-electron chi connectivity index (χ2n) is 4.44. The van der Waals surface area contributed by atoms with E-state index in [2.05, 4.69) is 0 Å². The molecule has 0 aromatic heterocycles. The fourth-order valence-electron chi connectivity index (χ4n) is 1.67. The summed E-state index contributed by atoms with van der Waals surface area (Å²) in [5.41, 5.74) is 0.977. The Morgan fingerprint density at radius 2 is 0.913 bits per heavy atom. The summed E-state index contributed by atoms with van der Waals surface area (Å²) in [5, 5.41) is 0. The zero-order valence-corrected chi connectivity index (χ0v) is 17.7. The quantitative estimate of drug-likeness (QED) is 0.526. The van der Waals surface area contributed by atoms with Gasteiger partial charge in [-0.1, -0.05) is 36.4 Å². The van der Waals surface area contributed by atoms with Gasteiger partial charge >= 0.3 is 45.5 Å². The predicted molar refractivity (Wildman–Crippen MR) is 84.0 cm³/mol. The van der Waals surface area contributed by atoms with E-state index < -0.39 is 20.2 Å². The van der Waals surface area contributed by atoms with Crippen molar-refractivity contribution in [2.45, 2.75) is 23.6 Å². The molecule has 23 heavy (non-hydrogen) atoms. The van der Waals surface area contributed by atoms with Gasteiger partial charge in [0.1, 0.15) is 20.2 Å². The van der Waals surface area contributed by atoms with Gasteiger partial charge in [-0.05, 0) is 37.1 Å². The van der Waals surface area contributed by atoms with Gasteiger partial charge in [-0.15, -0.1) is 0 Å². The number of aryl methyl sites for hydroxylation is 2. The van der Waals surface area contributed by atoms with Crippen molar-refractivity contribution in [3.8, 4) is 0 Å². The molecule has 0 radical (unpaired) electrons. The Bertz CT molecular complexity index is 787. The monoisotopic (exact) mass is 430 g/mol. The van der Waals surface area contributed by atoms with E-state index in [0.717, 1.165) is 0 Å². The molecule has 0 N–H and O–H groups in total. The van der Waals surface area contributed by atoms with Crippen LogP contribution in [0.15, 0.2) is 58.3 Å². The molecule has 0 atom stereocenters. The maximum absolute atomic E-state index is 10.5. The average Bonchev–Trinajstić information content (AvgIpc) is 2.37. The van der Waals surface area contributed by atoms with E-state index in [0.29, 0.717) is 11.1 Å². The molecule has 0 heterocycles. The molecule has 2 rings (SSSR count). The maximum Gasteiger partial charge on any atom is 2.00 e. The smallest absolute Gasteiger partial charge is 0.744 e. The first-order valence-corrected chi connectivity index (χ1v) is 8.88. The van der Waals surface area contributed by atoms with Crippen LogP contribution in [0.5, 0.6) is 0 Å². The Hall–Kier alpha value is -0.259. The van der Waals surface area contributed by atoms with Gasteiger partial charge in [0, 0.05) is 0 Å². The van der Waals surface area contributed by atoms with Crippen molar-refractivity contribution in [2.75, 3.05) is 0 Å². The van der Waals surface area contributed by atoms with Crippen LogP contribution in [-0.2, 0) is 20.2 Å². The van der Waals surface area contributed by atoms with Crippen LogP contribution >= 0.6 is 0 Å². The van der Waals surface area contributed by atoms with Crippen LogP contribution in [0.25, 0.3) is 0 Å². The minimum atomic E-state index is -4.28. The Balaban J connectivity index is 0.000000403. The van der Waals surface area contributed by atoms with E-state index in [-0.39, 0.29) is 55.3 Å². The zero-order chi connectivity index (χ0) is 17.0.